The molecule has 1 aromatic heterocycles. The highest BCUT2D eigenvalue weighted by molar-refractivity contribution is 5.97. The van der Waals surface area contributed by atoms with Gasteiger partial charge in [-0.15, -0.1) is 0 Å². The van der Waals surface area contributed by atoms with E-state index in [4.69, 9.17) is 14.2 Å². The highest BCUT2D eigenvalue weighted by Gasteiger charge is 2.33. The maximum Gasteiger partial charge on any atom is 0.414 e. The van der Waals surface area contributed by atoms with Crippen molar-refractivity contribution in [3.05, 3.63) is 66.0 Å². The standard InChI is InChI=1S/C33H47N2O6/c1-24(25-14-9-8-10-15-25)28-17-11-12-19-35(28)31(38)39-23-34-18-13-16-26(21-34)29(36)20-27(22-40-32(2,3)4)30(37)41-33(5,6)7/h8-10,13-16,18,21,24,27-28H,11-12,17,19-20,22-23H2,1-7H3/q+1/t24-,27+,28?/m1/s1. The fourth-order valence-corrected chi connectivity index (χ4v) is 4.95. The number of pyridine rings is 1. The minimum absolute atomic E-state index is 0.0223. The predicted molar refractivity (Wildman–Crippen MR) is 156 cm³/mol. The summed E-state index contributed by atoms with van der Waals surface area (Å²) in [5.74, 6) is -1.23. The van der Waals surface area contributed by atoms with E-state index in [2.05, 4.69) is 19.1 Å². The molecule has 8 heteroatoms. The van der Waals surface area contributed by atoms with E-state index in [1.54, 1.807) is 49.9 Å². The van der Waals surface area contributed by atoms with Gasteiger partial charge < -0.3 is 19.1 Å². The zero-order valence-electron chi connectivity index (χ0n) is 25.7. The molecule has 1 aromatic carbocycles. The number of hydrogen-bond donors (Lipinski definition) is 0. The normalized spacial score (nSPS) is 17.4. The van der Waals surface area contributed by atoms with E-state index in [0.29, 0.717) is 12.1 Å². The maximum atomic E-state index is 13.2. The molecule has 1 saturated heterocycles. The molecule has 0 saturated carbocycles. The van der Waals surface area contributed by atoms with Crippen LogP contribution in [0.3, 0.4) is 0 Å². The van der Waals surface area contributed by atoms with Crippen LogP contribution >= 0.6 is 0 Å². The maximum absolute atomic E-state index is 13.2. The van der Waals surface area contributed by atoms with Crippen LogP contribution in [0.15, 0.2) is 54.9 Å². The molecule has 1 fully saturated rings. The van der Waals surface area contributed by atoms with Crippen LogP contribution in [0.4, 0.5) is 4.79 Å². The fraction of sp³-hybridized carbons (Fsp3) is 0.576. The molecule has 0 aliphatic carbocycles. The third kappa shape index (κ3) is 10.3. The molecule has 41 heavy (non-hydrogen) atoms. The molecule has 0 N–H and O–H groups in total. The van der Waals surface area contributed by atoms with Gasteiger partial charge in [0.15, 0.2) is 18.2 Å². The van der Waals surface area contributed by atoms with Crippen LogP contribution in [-0.2, 0) is 25.7 Å². The first-order valence-corrected chi connectivity index (χ1v) is 14.6. The van der Waals surface area contributed by atoms with Crippen molar-refractivity contribution in [2.45, 2.75) is 104 Å². The van der Waals surface area contributed by atoms with Crippen molar-refractivity contribution in [3.63, 3.8) is 0 Å². The van der Waals surface area contributed by atoms with Gasteiger partial charge in [-0.05, 0) is 72.4 Å². The molecule has 1 amide bonds. The van der Waals surface area contributed by atoms with E-state index in [-0.39, 0.29) is 43.6 Å². The Kier molecular flexibility index (Phi) is 11.1. The molecule has 2 heterocycles. The van der Waals surface area contributed by atoms with Crippen molar-refractivity contribution in [2.75, 3.05) is 13.2 Å². The van der Waals surface area contributed by atoms with Crippen LogP contribution in [0.25, 0.3) is 0 Å². The number of benzene rings is 1. The van der Waals surface area contributed by atoms with Crippen LogP contribution in [0.1, 0.15) is 96.0 Å². The van der Waals surface area contributed by atoms with Gasteiger partial charge in [0.1, 0.15) is 5.60 Å². The Hall–Kier alpha value is -3.26. The van der Waals surface area contributed by atoms with Gasteiger partial charge in [-0.2, -0.15) is 4.57 Å². The molecule has 1 aliphatic rings. The highest BCUT2D eigenvalue weighted by atomic mass is 16.6. The van der Waals surface area contributed by atoms with Gasteiger partial charge in [-0.3, -0.25) is 9.59 Å². The zero-order valence-corrected chi connectivity index (χ0v) is 25.7. The summed E-state index contributed by atoms with van der Waals surface area (Å²) in [6, 6.07) is 13.7. The third-order valence-corrected chi connectivity index (χ3v) is 7.09. The number of ketones is 1. The minimum Gasteiger partial charge on any atom is -0.460 e. The SMILES string of the molecule is C[C@H](c1ccccc1)C1CCCCN1C(=O)OC[n+]1cccc(C(=O)C[C@@H](COC(C)(C)C)C(=O)OC(C)(C)C)c1. The number of aromatic nitrogens is 1. The van der Waals surface area contributed by atoms with Gasteiger partial charge in [0, 0.05) is 31.0 Å². The van der Waals surface area contributed by atoms with Crippen LogP contribution in [-0.4, -0.2) is 53.1 Å². The van der Waals surface area contributed by atoms with Gasteiger partial charge in [0.05, 0.1) is 23.7 Å². The number of nitrogens with zero attached hydrogens (tertiary/aromatic N) is 2. The second kappa shape index (κ2) is 14.1. The summed E-state index contributed by atoms with van der Waals surface area (Å²) in [5.41, 5.74) is 0.484. The molecule has 0 spiro atoms. The van der Waals surface area contributed by atoms with E-state index >= 15 is 0 Å². The van der Waals surface area contributed by atoms with E-state index < -0.39 is 23.1 Å². The smallest absolute Gasteiger partial charge is 0.414 e. The predicted octanol–water partition coefficient (Wildman–Crippen LogP) is 6.07. The molecule has 1 aliphatic heterocycles. The van der Waals surface area contributed by atoms with E-state index in [9.17, 15) is 14.4 Å². The Morgan fingerprint density at radius 3 is 2.34 bits per heavy atom. The second-order valence-corrected chi connectivity index (χ2v) is 12.9. The molecule has 3 rings (SSSR count). The van der Waals surface area contributed by atoms with Gasteiger partial charge in [-0.1, -0.05) is 37.3 Å². The first kappa shape index (κ1) is 32.3. The molecule has 2 aromatic rings. The molecular formula is C33H47N2O6+. The van der Waals surface area contributed by atoms with Gasteiger partial charge in [-0.25, -0.2) is 4.79 Å². The number of piperidine rings is 1. The fourth-order valence-electron chi connectivity index (χ4n) is 4.95. The summed E-state index contributed by atoms with van der Waals surface area (Å²) in [4.78, 5) is 41.2. The van der Waals surface area contributed by atoms with Gasteiger partial charge in [0.2, 0.25) is 0 Å². The quantitative estimate of drug-likeness (QED) is 0.197. The molecule has 0 radical (unpaired) electrons. The van der Waals surface area contributed by atoms with Crippen molar-refractivity contribution < 1.29 is 33.2 Å². The molecule has 3 atom stereocenters. The average molecular weight is 568 g/mol. The van der Waals surface area contributed by atoms with E-state index in [0.717, 1.165) is 19.3 Å². The monoisotopic (exact) mass is 567 g/mol. The largest absolute Gasteiger partial charge is 0.460 e. The molecule has 0 bridgehead atoms. The lowest BCUT2D eigenvalue weighted by atomic mass is 9.87. The Bertz CT molecular complexity index is 1170. The number of likely N-dealkylation sites (tertiary alicyclic amines) is 1. The summed E-state index contributed by atoms with van der Waals surface area (Å²) in [7, 11) is 0. The molecule has 224 valence electrons. The highest BCUT2D eigenvalue weighted by Crippen LogP contribution is 2.30. The molecule has 1 unspecified atom stereocenters. The Balaban J connectivity index is 1.65. The molecular weight excluding hydrogens is 520 g/mol. The first-order chi connectivity index (χ1) is 19.2. The van der Waals surface area contributed by atoms with Crippen molar-refractivity contribution in [2.24, 2.45) is 5.92 Å². The topological polar surface area (TPSA) is 86.0 Å². The minimum atomic E-state index is -0.741. The van der Waals surface area contributed by atoms with Crippen LogP contribution in [0, 0.1) is 5.92 Å². The van der Waals surface area contributed by atoms with E-state index in [1.807, 2.05) is 43.9 Å². The first-order valence-electron chi connectivity index (χ1n) is 14.6. The lowest BCUT2D eigenvalue weighted by Gasteiger charge is -2.38. The number of esters is 1. The number of carbonyl (C=O) groups excluding carboxylic acids is 3. The number of Topliss-reactive ketones (excluding diaryl/α,β-unsaturated/α-hetero) is 1. The Labute approximate surface area is 245 Å². The second-order valence-electron chi connectivity index (χ2n) is 12.9. The number of amides is 1. The van der Waals surface area contributed by atoms with Gasteiger partial charge >= 0.3 is 12.1 Å². The average Bonchev–Trinajstić information content (AvgIpc) is 2.92. The summed E-state index contributed by atoms with van der Waals surface area (Å²) < 4.78 is 18.8. The number of hydrogen-bond acceptors (Lipinski definition) is 6. The van der Waals surface area contributed by atoms with Crippen molar-refractivity contribution >= 4 is 17.8 Å². The molecule has 8 nitrogen and oxygen atoms in total. The van der Waals surface area contributed by atoms with Crippen LogP contribution in [0.5, 0.6) is 0 Å². The van der Waals surface area contributed by atoms with Crippen molar-refractivity contribution in [1.29, 1.82) is 0 Å². The number of rotatable bonds is 10. The summed E-state index contributed by atoms with van der Waals surface area (Å²) in [6.07, 6.45) is 5.94. The lowest BCUT2D eigenvalue weighted by molar-refractivity contribution is -0.727. The Morgan fingerprint density at radius 2 is 1.68 bits per heavy atom. The summed E-state index contributed by atoms with van der Waals surface area (Å²) in [6.45, 7) is 14.0. The zero-order chi connectivity index (χ0) is 30.2. The van der Waals surface area contributed by atoms with Gasteiger partial charge in [0.25, 0.3) is 6.73 Å². The van der Waals surface area contributed by atoms with Crippen molar-refractivity contribution in [3.8, 4) is 0 Å². The summed E-state index contributed by atoms with van der Waals surface area (Å²) >= 11 is 0. The number of carbonyl (C=O) groups is 3. The van der Waals surface area contributed by atoms with Crippen molar-refractivity contribution in [1.82, 2.24) is 4.90 Å². The third-order valence-electron chi connectivity index (χ3n) is 7.09. The van der Waals surface area contributed by atoms with Crippen LogP contribution < -0.4 is 4.57 Å². The van der Waals surface area contributed by atoms with E-state index in [1.165, 1.54) is 5.56 Å². The Morgan fingerprint density at radius 1 is 0.976 bits per heavy atom. The summed E-state index contributed by atoms with van der Waals surface area (Å²) in [5, 5.41) is 0. The van der Waals surface area contributed by atoms with Crippen LogP contribution in [0.2, 0.25) is 0 Å². The number of ether oxygens (including phenoxy) is 3. The lowest BCUT2D eigenvalue weighted by Crippen LogP contribution is -2.48.